The van der Waals surface area contributed by atoms with Crippen LogP contribution in [0.15, 0.2) is 66.9 Å². The van der Waals surface area contributed by atoms with Gasteiger partial charge in [0, 0.05) is 37.0 Å². The largest absolute Gasteiger partial charge is 0.363 e. The van der Waals surface area contributed by atoms with Crippen LogP contribution in [-0.4, -0.2) is 41.6 Å². The Kier molecular flexibility index (Phi) is 6.43. The van der Waals surface area contributed by atoms with Gasteiger partial charge in [0.1, 0.15) is 11.7 Å². The number of carbonyl (C=O) groups is 2. The lowest BCUT2D eigenvalue weighted by molar-refractivity contribution is 0.102. The van der Waals surface area contributed by atoms with E-state index in [-0.39, 0.29) is 5.91 Å². The first-order chi connectivity index (χ1) is 14.9. The lowest BCUT2D eigenvalue weighted by atomic mass is 10.1. The Labute approximate surface area is 180 Å². The SMILES string of the molecule is C#Cc1ccc(NC(=O)c2ccccc2NC(=O)c2ccc(C(=N)N(C)C)cc2)nc1. The number of terminal acetylenes is 1. The first kappa shape index (κ1) is 21.3. The fraction of sp³-hybridized carbons (Fsp3) is 0.0833. The van der Waals surface area contributed by atoms with Crippen LogP contribution in [0.2, 0.25) is 0 Å². The van der Waals surface area contributed by atoms with E-state index in [1.165, 1.54) is 6.20 Å². The molecule has 3 N–H and O–H groups in total. The molecule has 0 saturated heterocycles. The van der Waals surface area contributed by atoms with Crippen molar-refractivity contribution in [3.05, 3.63) is 89.1 Å². The van der Waals surface area contributed by atoms with Gasteiger partial charge in [0.25, 0.3) is 11.8 Å². The van der Waals surface area contributed by atoms with E-state index in [0.29, 0.717) is 39.6 Å². The molecule has 31 heavy (non-hydrogen) atoms. The smallest absolute Gasteiger partial charge is 0.258 e. The molecule has 0 saturated carbocycles. The first-order valence-corrected chi connectivity index (χ1v) is 9.39. The number of nitrogens with one attached hydrogen (secondary N) is 3. The third-order valence-electron chi connectivity index (χ3n) is 4.46. The molecule has 7 nitrogen and oxygen atoms in total. The predicted octanol–water partition coefficient (Wildman–Crippen LogP) is 3.45. The molecule has 7 heteroatoms. The average Bonchev–Trinajstić information content (AvgIpc) is 2.79. The molecule has 1 heterocycles. The minimum atomic E-state index is -0.411. The summed E-state index contributed by atoms with van der Waals surface area (Å²) < 4.78 is 0. The van der Waals surface area contributed by atoms with Gasteiger partial charge in [0.05, 0.1) is 11.3 Å². The van der Waals surface area contributed by atoms with Crippen molar-refractivity contribution in [2.24, 2.45) is 0 Å². The molecular weight excluding hydrogens is 390 g/mol. The van der Waals surface area contributed by atoms with Crippen LogP contribution in [-0.2, 0) is 0 Å². The highest BCUT2D eigenvalue weighted by atomic mass is 16.2. The summed E-state index contributed by atoms with van der Waals surface area (Å²) in [6.45, 7) is 0. The molecule has 0 aliphatic carbocycles. The van der Waals surface area contributed by atoms with Crippen LogP contribution in [0.4, 0.5) is 11.5 Å². The Bertz CT molecular complexity index is 1160. The first-order valence-electron chi connectivity index (χ1n) is 9.39. The zero-order valence-electron chi connectivity index (χ0n) is 17.1. The average molecular weight is 411 g/mol. The second-order valence-electron chi connectivity index (χ2n) is 6.85. The van der Waals surface area contributed by atoms with E-state index in [1.807, 2.05) is 0 Å². The highest BCUT2D eigenvalue weighted by molar-refractivity contribution is 6.12. The van der Waals surface area contributed by atoms with Crippen LogP contribution in [0, 0.1) is 17.8 Å². The van der Waals surface area contributed by atoms with Crippen molar-refractivity contribution in [2.75, 3.05) is 24.7 Å². The number of para-hydroxylation sites is 1. The molecule has 3 rings (SSSR count). The van der Waals surface area contributed by atoms with Crippen LogP contribution in [0.1, 0.15) is 31.8 Å². The molecule has 1 aromatic heterocycles. The monoisotopic (exact) mass is 411 g/mol. The fourth-order valence-corrected chi connectivity index (χ4v) is 2.76. The van der Waals surface area contributed by atoms with Gasteiger partial charge in [-0.2, -0.15) is 0 Å². The molecule has 0 atom stereocenters. The Hall–Kier alpha value is -4.44. The van der Waals surface area contributed by atoms with E-state index in [2.05, 4.69) is 21.5 Å². The molecular formula is C24H21N5O2. The maximum Gasteiger partial charge on any atom is 0.258 e. The standard InChI is InChI=1S/C24H21N5O2/c1-4-16-9-14-21(26-15-16)28-24(31)19-7-5-6-8-20(19)27-23(30)18-12-10-17(11-13-18)22(25)29(2)3/h1,5-15,25H,2-3H3,(H,27,30)(H,26,28,31). The van der Waals surface area contributed by atoms with E-state index >= 15 is 0 Å². The topological polar surface area (TPSA) is 98.2 Å². The van der Waals surface area contributed by atoms with E-state index in [0.717, 1.165) is 0 Å². The molecule has 0 radical (unpaired) electrons. The number of amidine groups is 1. The minimum absolute atomic E-state index is 0.296. The third-order valence-corrected chi connectivity index (χ3v) is 4.46. The highest BCUT2D eigenvalue weighted by Gasteiger charge is 2.15. The Morgan fingerprint density at radius 2 is 1.61 bits per heavy atom. The number of benzene rings is 2. The quantitative estimate of drug-likeness (QED) is 0.340. The van der Waals surface area contributed by atoms with Crippen LogP contribution in [0.5, 0.6) is 0 Å². The van der Waals surface area contributed by atoms with E-state index in [4.69, 9.17) is 11.8 Å². The molecule has 3 aromatic rings. The number of aromatic nitrogens is 1. The normalized spacial score (nSPS) is 9.97. The number of hydrogen-bond donors (Lipinski definition) is 3. The van der Waals surface area contributed by atoms with Crippen molar-refractivity contribution in [1.82, 2.24) is 9.88 Å². The van der Waals surface area contributed by atoms with Gasteiger partial charge in [0.15, 0.2) is 0 Å². The molecule has 0 aliphatic heterocycles. The fourth-order valence-electron chi connectivity index (χ4n) is 2.76. The number of amides is 2. The molecule has 2 amide bonds. The molecule has 0 fully saturated rings. The lowest BCUT2D eigenvalue weighted by Crippen LogP contribution is -2.22. The minimum Gasteiger partial charge on any atom is -0.363 e. The summed E-state index contributed by atoms with van der Waals surface area (Å²) in [5.74, 6) is 2.39. The van der Waals surface area contributed by atoms with Gasteiger partial charge in [-0.1, -0.05) is 30.2 Å². The van der Waals surface area contributed by atoms with Gasteiger partial charge in [0.2, 0.25) is 0 Å². The number of carbonyl (C=O) groups excluding carboxylic acids is 2. The van der Waals surface area contributed by atoms with Gasteiger partial charge in [-0.3, -0.25) is 15.0 Å². The maximum absolute atomic E-state index is 12.7. The van der Waals surface area contributed by atoms with Crippen LogP contribution < -0.4 is 10.6 Å². The van der Waals surface area contributed by atoms with Gasteiger partial charge in [-0.25, -0.2) is 4.98 Å². The zero-order valence-corrected chi connectivity index (χ0v) is 17.1. The Morgan fingerprint density at radius 3 is 2.23 bits per heavy atom. The van der Waals surface area contributed by atoms with Crippen LogP contribution >= 0.6 is 0 Å². The summed E-state index contributed by atoms with van der Waals surface area (Å²) in [7, 11) is 3.56. The Balaban J connectivity index is 1.75. The van der Waals surface area contributed by atoms with Crippen molar-refractivity contribution >= 4 is 29.2 Å². The predicted molar refractivity (Wildman–Crippen MR) is 121 cm³/mol. The van der Waals surface area contributed by atoms with Crippen molar-refractivity contribution < 1.29 is 9.59 Å². The Morgan fingerprint density at radius 1 is 0.935 bits per heavy atom. The van der Waals surface area contributed by atoms with Gasteiger partial charge in [-0.05, 0) is 36.4 Å². The van der Waals surface area contributed by atoms with Crippen LogP contribution in [0.3, 0.4) is 0 Å². The maximum atomic E-state index is 12.7. The molecule has 2 aromatic carbocycles. The number of nitrogens with zero attached hydrogens (tertiary/aromatic N) is 2. The summed E-state index contributed by atoms with van der Waals surface area (Å²) in [5, 5.41) is 13.5. The molecule has 154 valence electrons. The van der Waals surface area contributed by atoms with Gasteiger partial charge in [-0.15, -0.1) is 6.42 Å². The molecule has 0 unspecified atom stereocenters. The van der Waals surface area contributed by atoms with E-state index < -0.39 is 5.91 Å². The number of pyridine rings is 1. The van der Waals surface area contributed by atoms with E-state index in [1.54, 1.807) is 79.7 Å². The second-order valence-corrected chi connectivity index (χ2v) is 6.85. The van der Waals surface area contributed by atoms with Crippen LogP contribution in [0.25, 0.3) is 0 Å². The summed E-state index contributed by atoms with van der Waals surface area (Å²) in [6, 6.07) is 16.7. The summed E-state index contributed by atoms with van der Waals surface area (Å²) in [4.78, 5) is 31.2. The van der Waals surface area contributed by atoms with Crippen molar-refractivity contribution in [1.29, 1.82) is 5.41 Å². The van der Waals surface area contributed by atoms with Gasteiger partial charge < -0.3 is 15.5 Å². The number of hydrogen-bond acceptors (Lipinski definition) is 4. The highest BCUT2D eigenvalue weighted by Crippen LogP contribution is 2.18. The number of rotatable bonds is 5. The lowest BCUT2D eigenvalue weighted by Gasteiger charge is -2.14. The van der Waals surface area contributed by atoms with Gasteiger partial charge >= 0.3 is 0 Å². The van der Waals surface area contributed by atoms with Crippen molar-refractivity contribution in [2.45, 2.75) is 0 Å². The number of anilines is 2. The summed E-state index contributed by atoms with van der Waals surface area (Å²) in [6.07, 6.45) is 6.80. The molecule has 0 spiro atoms. The second kappa shape index (κ2) is 9.37. The van der Waals surface area contributed by atoms with E-state index in [9.17, 15) is 9.59 Å². The zero-order chi connectivity index (χ0) is 22.4. The third kappa shape index (κ3) is 5.14. The summed E-state index contributed by atoms with van der Waals surface area (Å²) >= 11 is 0. The molecule has 0 aliphatic rings. The van der Waals surface area contributed by atoms with Crippen molar-refractivity contribution in [3.63, 3.8) is 0 Å². The van der Waals surface area contributed by atoms with Crippen molar-refractivity contribution in [3.8, 4) is 12.3 Å². The molecule has 0 bridgehead atoms. The summed E-state index contributed by atoms with van der Waals surface area (Å²) in [5.41, 5.74) is 2.39.